The minimum Gasteiger partial charge on any atom is -0.366 e. The first-order valence-corrected chi connectivity index (χ1v) is 12.4. The Morgan fingerprint density at radius 1 is 1.09 bits per heavy atom. The van der Waals surface area contributed by atoms with Gasteiger partial charge in [-0.3, -0.25) is 14.5 Å². The Morgan fingerprint density at radius 2 is 1.69 bits per heavy atom. The van der Waals surface area contributed by atoms with Gasteiger partial charge >= 0.3 is 6.18 Å². The van der Waals surface area contributed by atoms with Gasteiger partial charge in [-0.15, -0.1) is 11.8 Å². The third-order valence-corrected chi connectivity index (χ3v) is 8.57. The molecule has 2 aromatic rings. The Labute approximate surface area is 208 Å². The molecule has 35 heavy (non-hydrogen) atoms. The molecule has 190 valence electrons. The zero-order chi connectivity index (χ0) is 25.9. The molecule has 0 aliphatic heterocycles. The molecule has 0 heterocycles. The van der Waals surface area contributed by atoms with Crippen molar-refractivity contribution in [3.63, 3.8) is 0 Å². The number of thioether (sulfide) groups is 1. The number of benzene rings is 2. The van der Waals surface area contributed by atoms with Gasteiger partial charge < -0.3 is 11.1 Å². The van der Waals surface area contributed by atoms with E-state index in [1.165, 1.54) is 0 Å². The normalized spacial score (nSPS) is 17.5. The van der Waals surface area contributed by atoms with Crippen LogP contribution in [0.5, 0.6) is 0 Å². The summed E-state index contributed by atoms with van der Waals surface area (Å²) < 4.78 is 41.8. The molecule has 3 N–H and O–H groups in total. The van der Waals surface area contributed by atoms with Crippen LogP contribution in [-0.2, 0) is 10.5 Å². The number of nitrogens with two attached hydrogens (primary N) is 1. The molecule has 0 aromatic heterocycles. The molecule has 0 spiro atoms. The number of carbonyl (C=O) groups excluding carboxylic acids is 2. The standard InChI is InChI=1S/C26H32F3N3O2S/c1-24(32(2)3,35-16-18-9-11-20(12-10-18)23(30)34)17-31-22(33)15-21(19-7-5-4-6-8-19)25(13-14-25)26(27,28)29/h4-12,21H,13-17H2,1-3H3,(H2,30,34)(H,31,33)/t21-,24-/m1/s1. The Hall–Kier alpha value is -2.52. The summed E-state index contributed by atoms with van der Waals surface area (Å²) in [4.78, 5) is 25.7. The van der Waals surface area contributed by atoms with Gasteiger partial charge in [-0.1, -0.05) is 42.5 Å². The van der Waals surface area contributed by atoms with E-state index in [4.69, 9.17) is 5.73 Å². The summed E-state index contributed by atoms with van der Waals surface area (Å²) in [5.41, 5.74) is 5.42. The van der Waals surface area contributed by atoms with Gasteiger partial charge in [-0.2, -0.15) is 13.2 Å². The predicted molar refractivity (Wildman–Crippen MR) is 133 cm³/mol. The molecule has 9 heteroatoms. The summed E-state index contributed by atoms with van der Waals surface area (Å²) in [5.74, 6) is -1.18. The number of amides is 2. The number of hydrogen-bond acceptors (Lipinski definition) is 4. The number of nitrogens with zero attached hydrogens (tertiary/aromatic N) is 1. The average Bonchev–Trinajstić information content (AvgIpc) is 3.63. The smallest absolute Gasteiger partial charge is 0.366 e. The van der Waals surface area contributed by atoms with Crippen LogP contribution in [-0.4, -0.2) is 48.4 Å². The third kappa shape index (κ3) is 6.38. The van der Waals surface area contributed by atoms with Crippen LogP contribution in [0, 0.1) is 5.41 Å². The van der Waals surface area contributed by atoms with Gasteiger partial charge in [0.15, 0.2) is 0 Å². The number of nitrogens with one attached hydrogen (secondary N) is 1. The molecule has 1 fully saturated rings. The second kappa shape index (κ2) is 10.6. The number of alkyl halides is 3. The number of likely N-dealkylation sites (N-methyl/N-ethyl adjacent to an activating group) is 1. The van der Waals surface area contributed by atoms with Crippen LogP contribution in [0.2, 0.25) is 0 Å². The van der Waals surface area contributed by atoms with Crippen LogP contribution in [0.25, 0.3) is 0 Å². The van der Waals surface area contributed by atoms with Crippen molar-refractivity contribution < 1.29 is 22.8 Å². The summed E-state index contributed by atoms with van der Waals surface area (Å²) in [6.45, 7) is 2.24. The fourth-order valence-electron chi connectivity index (χ4n) is 4.14. The molecule has 1 aliphatic rings. The van der Waals surface area contributed by atoms with Gasteiger partial charge in [0, 0.05) is 30.2 Å². The van der Waals surface area contributed by atoms with Gasteiger partial charge in [0.25, 0.3) is 0 Å². The van der Waals surface area contributed by atoms with Crippen molar-refractivity contribution in [2.24, 2.45) is 11.1 Å². The highest BCUT2D eigenvalue weighted by Crippen LogP contribution is 2.66. The second-order valence-corrected chi connectivity index (χ2v) is 11.0. The van der Waals surface area contributed by atoms with Gasteiger partial charge in [0.05, 0.1) is 10.3 Å². The van der Waals surface area contributed by atoms with Gasteiger partial charge in [-0.25, -0.2) is 0 Å². The lowest BCUT2D eigenvalue weighted by atomic mass is 9.80. The van der Waals surface area contributed by atoms with E-state index in [0.717, 1.165) is 5.56 Å². The van der Waals surface area contributed by atoms with Crippen molar-refractivity contribution in [2.45, 2.75) is 48.9 Å². The topological polar surface area (TPSA) is 75.4 Å². The molecule has 0 radical (unpaired) electrons. The third-order valence-electron chi connectivity index (χ3n) is 6.96. The summed E-state index contributed by atoms with van der Waals surface area (Å²) in [7, 11) is 3.79. The molecule has 5 nitrogen and oxygen atoms in total. The lowest BCUT2D eigenvalue weighted by Crippen LogP contribution is -2.48. The van der Waals surface area contributed by atoms with E-state index < -0.39 is 34.2 Å². The zero-order valence-corrected chi connectivity index (χ0v) is 21.0. The van der Waals surface area contributed by atoms with Crippen molar-refractivity contribution in [1.29, 1.82) is 0 Å². The van der Waals surface area contributed by atoms with E-state index in [-0.39, 0.29) is 25.8 Å². The van der Waals surface area contributed by atoms with Crippen LogP contribution in [0.15, 0.2) is 54.6 Å². The van der Waals surface area contributed by atoms with Crippen LogP contribution in [0.4, 0.5) is 13.2 Å². The molecular formula is C26H32F3N3O2S. The molecule has 0 unspecified atom stereocenters. The van der Waals surface area contributed by atoms with E-state index in [1.807, 2.05) is 38.1 Å². The van der Waals surface area contributed by atoms with E-state index in [9.17, 15) is 22.8 Å². The van der Waals surface area contributed by atoms with Gasteiger partial charge in [-0.05, 0) is 57.1 Å². The minimum atomic E-state index is -4.36. The molecule has 1 saturated carbocycles. The van der Waals surface area contributed by atoms with E-state index >= 15 is 0 Å². The van der Waals surface area contributed by atoms with Crippen molar-refractivity contribution in [3.05, 3.63) is 71.3 Å². The van der Waals surface area contributed by atoms with Crippen molar-refractivity contribution in [1.82, 2.24) is 10.2 Å². The molecule has 0 saturated heterocycles. The Balaban J connectivity index is 1.66. The molecule has 1 aliphatic carbocycles. The summed E-state index contributed by atoms with van der Waals surface area (Å²) in [6, 6.07) is 15.5. The van der Waals surface area contributed by atoms with E-state index in [0.29, 0.717) is 16.9 Å². The molecule has 3 rings (SSSR count). The molecule has 2 aromatic carbocycles. The van der Waals surface area contributed by atoms with Crippen LogP contribution in [0.1, 0.15) is 53.6 Å². The Kier molecular flexibility index (Phi) is 8.21. The maximum Gasteiger partial charge on any atom is 0.395 e. The lowest BCUT2D eigenvalue weighted by molar-refractivity contribution is -0.194. The van der Waals surface area contributed by atoms with Gasteiger partial charge in [0.2, 0.25) is 11.8 Å². The number of carbonyl (C=O) groups is 2. The molecule has 2 atom stereocenters. The number of halogens is 3. The van der Waals surface area contributed by atoms with E-state index in [2.05, 4.69) is 5.32 Å². The largest absolute Gasteiger partial charge is 0.395 e. The molecule has 2 amide bonds. The van der Waals surface area contributed by atoms with Gasteiger partial charge in [0.1, 0.15) is 0 Å². The highest BCUT2D eigenvalue weighted by atomic mass is 32.2. The highest BCUT2D eigenvalue weighted by Gasteiger charge is 2.67. The quantitative estimate of drug-likeness (QED) is 0.423. The fraction of sp³-hybridized carbons (Fsp3) is 0.462. The number of hydrogen-bond donors (Lipinski definition) is 2. The molecular weight excluding hydrogens is 475 g/mol. The van der Waals surface area contributed by atoms with Crippen molar-refractivity contribution in [3.8, 4) is 0 Å². The first-order chi connectivity index (χ1) is 16.4. The SMILES string of the molecule is CN(C)[C@@](C)(CNC(=O)C[C@H](c1ccccc1)C1(C(F)(F)F)CC1)SCc1ccc(C(N)=O)cc1. The summed E-state index contributed by atoms with van der Waals surface area (Å²) in [5, 5.41) is 2.89. The van der Waals surface area contributed by atoms with Crippen LogP contribution in [0.3, 0.4) is 0 Å². The Morgan fingerprint density at radius 3 is 2.17 bits per heavy atom. The van der Waals surface area contributed by atoms with Crippen molar-refractivity contribution in [2.75, 3.05) is 20.6 Å². The maximum atomic E-state index is 13.9. The van der Waals surface area contributed by atoms with E-state index in [1.54, 1.807) is 54.2 Å². The average molecular weight is 508 g/mol. The molecule has 0 bridgehead atoms. The summed E-state index contributed by atoms with van der Waals surface area (Å²) in [6.07, 6.45) is -4.48. The monoisotopic (exact) mass is 507 g/mol. The first-order valence-electron chi connectivity index (χ1n) is 11.5. The fourth-order valence-corrected chi connectivity index (χ4v) is 5.25. The zero-order valence-electron chi connectivity index (χ0n) is 20.2. The maximum absolute atomic E-state index is 13.9. The van der Waals surface area contributed by atoms with Crippen molar-refractivity contribution >= 4 is 23.6 Å². The van der Waals surface area contributed by atoms with Crippen LogP contribution >= 0.6 is 11.8 Å². The number of primary amides is 1. The lowest BCUT2D eigenvalue weighted by Gasteiger charge is -2.36. The summed E-state index contributed by atoms with van der Waals surface area (Å²) >= 11 is 1.59. The number of rotatable bonds is 11. The predicted octanol–water partition coefficient (Wildman–Crippen LogP) is 4.93. The second-order valence-electron chi connectivity index (χ2n) is 9.52. The highest BCUT2D eigenvalue weighted by molar-refractivity contribution is 7.99. The minimum absolute atomic E-state index is 0.0448. The Bertz CT molecular complexity index is 1020. The van der Waals surface area contributed by atoms with Crippen LogP contribution < -0.4 is 11.1 Å². The first kappa shape index (κ1) is 27.1.